The summed E-state index contributed by atoms with van der Waals surface area (Å²) in [4.78, 5) is 17.2. The van der Waals surface area contributed by atoms with Crippen LogP contribution >= 0.6 is 22.9 Å². The van der Waals surface area contributed by atoms with Crippen LogP contribution in [0.5, 0.6) is 11.5 Å². The van der Waals surface area contributed by atoms with Gasteiger partial charge in [-0.05, 0) is 24.3 Å². The first-order chi connectivity index (χ1) is 11.6. The number of amides is 1. The quantitative estimate of drug-likeness (QED) is 0.714. The monoisotopic (exact) mass is 362 g/mol. The molecule has 0 aliphatic carbocycles. The molecule has 1 aromatic heterocycles. The van der Waals surface area contributed by atoms with Crippen LogP contribution in [0.25, 0.3) is 10.2 Å². The second kappa shape index (κ2) is 6.67. The van der Waals surface area contributed by atoms with Gasteiger partial charge in [-0.3, -0.25) is 4.79 Å². The summed E-state index contributed by atoms with van der Waals surface area (Å²) in [7, 11) is 5.04. The second-order valence-electron chi connectivity index (χ2n) is 4.99. The predicted molar refractivity (Wildman–Crippen MR) is 95.2 cm³/mol. The van der Waals surface area contributed by atoms with Crippen LogP contribution in [-0.2, 0) is 7.05 Å². The van der Waals surface area contributed by atoms with Gasteiger partial charge in [0, 0.05) is 7.05 Å². The zero-order valence-corrected chi connectivity index (χ0v) is 14.9. The third kappa shape index (κ3) is 2.79. The normalized spacial score (nSPS) is 11.8. The fourth-order valence-electron chi connectivity index (χ4n) is 2.41. The number of halogens is 1. The highest BCUT2D eigenvalue weighted by molar-refractivity contribution is 7.16. The summed E-state index contributed by atoms with van der Waals surface area (Å²) in [5.41, 5.74) is 1.20. The van der Waals surface area contributed by atoms with Gasteiger partial charge in [-0.15, -0.1) is 0 Å². The van der Waals surface area contributed by atoms with Gasteiger partial charge in [0.05, 0.1) is 24.8 Å². The third-order valence-corrected chi connectivity index (χ3v) is 5.09. The van der Waals surface area contributed by atoms with Crippen molar-refractivity contribution >= 4 is 39.1 Å². The number of thiazole rings is 1. The van der Waals surface area contributed by atoms with E-state index in [2.05, 4.69) is 4.99 Å². The Morgan fingerprint density at radius 1 is 1.12 bits per heavy atom. The molecule has 3 aromatic rings. The largest absolute Gasteiger partial charge is 0.495 e. The maximum absolute atomic E-state index is 12.5. The molecule has 0 bridgehead atoms. The topological polar surface area (TPSA) is 52.8 Å². The number of nitrogens with zero attached hydrogens (tertiary/aromatic N) is 2. The van der Waals surface area contributed by atoms with Gasteiger partial charge in [0.25, 0.3) is 5.91 Å². The average molecular weight is 363 g/mol. The molecule has 0 saturated heterocycles. The average Bonchev–Trinajstić information content (AvgIpc) is 2.91. The molecule has 124 valence electrons. The smallest absolute Gasteiger partial charge is 0.281 e. The van der Waals surface area contributed by atoms with Gasteiger partial charge in [0.15, 0.2) is 4.80 Å². The number of methoxy groups -OCH3 is 2. The van der Waals surface area contributed by atoms with Crippen molar-refractivity contribution in [1.82, 2.24) is 4.57 Å². The molecule has 0 radical (unpaired) electrons. The van der Waals surface area contributed by atoms with E-state index in [0.717, 1.165) is 10.2 Å². The molecule has 0 aliphatic heterocycles. The molecule has 0 aliphatic rings. The van der Waals surface area contributed by atoms with Crippen LogP contribution in [0.15, 0.2) is 41.4 Å². The Balaban J connectivity index is 2.22. The highest BCUT2D eigenvalue weighted by atomic mass is 35.5. The minimum absolute atomic E-state index is 0.371. The number of benzene rings is 2. The Labute approximate surface area is 147 Å². The van der Waals surface area contributed by atoms with E-state index in [9.17, 15) is 4.79 Å². The van der Waals surface area contributed by atoms with Crippen LogP contribution in [0.2, 0.25) is 5.02 Å². The fraction of sp³-hybridized carbons (Fsp3) is 0.176. The molecule has 1 heterocycles. The summed E-state index contributed by atoms with van der Waals surface area (Å²) in [6.45, 7) is 0. The molecule has 7 heteroatoms. The van der Waals surface area contributed by atoms with Crippen LogP contribution in [0.4, 0.5) is 0 Å². The molecule has 0 unspecified atom stereocenters. The highest BCUT2D eigenvalue weighted by Gasteiger charge is 2.15. The van der Waals surface area contributed by atoms with E-state index in [4.69, 9.17) is 21.1 Å². The van der Waals surface area contributed by atoms with Crippen LogP contribution < -0.4 is 14.3 Å². The minimum Gasteiger partial charge on any atom is -0.495 e. The lowest BCUT2D eigenvalue weighted by Gasteiger charge is -2.06. The summed E-state index contributed by atoms with van der Waals surface area (Å²) < 4.78 is 13.5. The van der Waals surface area contributed by atoms with Crippen molar-refractivity contribution in [3.63, 3.8) is 0 Å². The summed E-state index contributed by atoms with van der Waals surface area (Å²) in [6.07, 6.45) is 0. The molecule has 2 aromatic carbocycles. The second-order valence-corrected chi connectivity index (χ2v) is 6.37. The first-order valence-corrected chi connectivity index (χ1v) is 8.30. The zero-order chi connectivity index (χ0) is 17.3. The summed E-state index contributed by atoms with van der Waals surface area (Å²) >= 11 is 7.44. The number of ether oxygens (including phenoxy) is 2. The number of aryl methyl sites for hydroxylation is 1. The van der Waals surface area contributed by atoms with Gasteiger partial charge in [-0.1, -0.05) is 35.1 Å². The molecule has 5 nitrogen and oxygen atoms in total. The predicted octanol–water partition coefficient (Wildman–Crippen LogP) is 3.65. The number of rotatable bonds is 3. The molecule has 1 amide bonds. The molecule has 3 rings (SSSR count). The Kier molecular flexibility index (Phi) is 4.59. The summed E-state index contributed by atoms with van der Waals surface area (Å²) in [6, 6.07) is 10.5. The van der Waals surface area contributed by atoms with E-state index in [1.807, 2.05) is 23.7 Å². The van der Waals surface area contributed by atoms with Gasteiger partial charge in [-0.2, -0.15) is 4.99 Å². The van der Waals surface area contributed by atoms with E-state index >= 15 is 0 Å². The lowest BCUT2D eigenvalue weighted by molar-refractivity contribution is 0.0998. The van der Waals surface area contributed by atoms with Crippen molar-refractivity contribution in [1.29, 1.82) is 0 Å². The van der Waals surface area contributed by atoms with Crippen molar-refractivity contribution in [2.45, 2.75) is 0 Å². The first-order valence-electron chi connectivity index (χ1n) is 7.11. The molecule has 0 N–H and O–H groups in total. The van der Waals surface area contributed by atoms with E-state index in [-0.39, 0.29) is 5.91 Å². The van der Waals surface area contributed by atoms with Gasteiger partial charge in [-0.25, -0.2) is 0 Å². The maximum atomic E-state index is 12.5. The van der Waals surface area contributed by atoms with Crippen LogP contribution in [0.1, 0.15) is 10.4 Å². The molecule has 0 atom stereocenters. The first kappa shape index (κ1) is 16.5. The number of aromatic nitrogens is 1. The fourth-order valence-corrected chi connectivity index (χ4v) is 3.75. The van der Waals surface area contributed by atoms with Crippen LogP contribution in [0.3, 0.4) is 0 Å². The van der Waals surface area contributed by atoms with Crippen LogP contribution in [-0.4, -0.2) is 24.7 Å². The number of carbonyl (C=O) groups excluding carboxylic acids is 1. The van der Waals surface area contributed by atoms with Gasteiger partial charge < -0.3 is 14.0 Å². The lowest BCUT2D eigenvalue weighted by Crippen LogP contribution is -2.13. The molecular formula is C17H15ClN2O3S. The van der Waals surface area contributed by atoms with E-state index < -0.39 is 0 Å². The highest BCUT2D eigenvalue weighted by Crippen LogP contribution is 2.34. The standard InChI is InChI=1S/C17H15ClN2O3S/c1-20-14-12(22-2)8-9-13(23-3)15(14)24-17(20)19-16(21)10-6-4-5-7-11(10)18/h4-9H,1-3H3. The van der Waals surface area contributed by atoms with Gasteiger partial charge >= 0.3 is 0 Å². The third-order valence-electron chi connectivity index (χ3n) is 3.62. The Hall–Kier alpha value is -2.31. The summed E-state index contributed by atoms with van der Waals surface area (Å²) in [5, 5.41) is 0.380. The Morgan fingerprint density at radius 2 is 1.79 bits per heavy atom. The van der Waals surface area contributed by atoms with E-state index in [1.165, 1.54) is 11.3 Å². The van der Waals surface area contributed by atoms with Crippen molar-refractivity contribution in [3.8, 4) is 11.5 Å². The maximum Gasteiger partial charge on any atom is 0.281 e. The number of hydrogen-bond acceptors (Lipinski definition) is 4. The van der Waals surface area contributed by atoms with Crippen molar-refractivity contribution in [2.24, 2.45) is 12.0 Å². The van der Waals surface area contributed by atoms with Crippen LogP contribution in [0, 0.1) is 0 Å². The number of carbonyl (C=O) groups is 1. The molecule has 0 spiro atoms. The molecular weight excluding hydrogens is 348 g/mol. The van der Waals surface area contributed by atoms with Gasteiger partial charge in [0.2, 0.25) is 0 Å². The molecule has 0 saturated carbocycles. The zero-order valence-electron chi connectivity index (χ0n) is 13.4. The SMILES string of the molecule is COc1ccc(OC)c2c1sc(=NC(=O)c1ccccc1Cl)n2C. The number of fused-ring (bicyclic) bond motifs is 1. The van der Waals surface area contributed by atoms with E-state index in [0.29, 0.717) is 26.9 Å². The number of hydrogen-bond donors (Lipinski definition) is 0. The minimum atomic E-state index is -0.388. The van der Waals surface area contributed by atoms with Crippen molar-refractivity contribution in [2.75, 3.05) is 14.2 Å². The van der Waals surface area contributed by atoms with Gasteiger partial charge in [0.1, 0.15) is 21.7 Å². The van der Waals surface area contributed by atoms with Crippen molar-refractivity contribution < 1.29 is 14.3 Å². The molecule has 0 fully saturated rings. The Bertz CT molecular complexity index is 991. The van der Waals surface area contributed by atoms with Crippen molar-refractivity contribution in [3.05, 3.63) is 51.8 Å². The summed E-state index contributed by atoms with van der Waals surface area (Å²) in [5.74, 6) is 1.01. The Morgan fingerprint density at radius 3 is 2.46 bits per heavy atom. The molecule has 24 heavy (non-hydrogen) atoms. The van der Waals surface area contributed by atoms with E-state index in [1.54, 1.807) is 38.5 Å². The lowest BCUT2D eigenvalue weighted by atomic mass is 10.2.